The van der Waals surface area contributed by atoms with Crippen LogP contribution in [0.25, 0.3) is 0 Å². The van der Waals surface area contributed by atoms with Crippen molar-refractivity contribution in [3.05, 3.63) is 71.4 Å². The molecule has 1 unspecified atom stereocenters. The zero-order valence-electron chi connectivity index (χ0n) is 14.1. The first kappa shape index (κ1) is 15.9. The Labute approximate surface area is 142 Å². The lowest BCUT2D eigenvalue weighted by Crippen LogP contribution is -2.11. The molecule has 122 valence electrons. The topological polar surface area (TPSA) is 62.7 Å². The Hall–Kier alpha value is -2.95. The second-order valence-corrected chi connectivity index (χ2v) is 5.81. The third-order valence-electron chi connectivity index (χ3n) is 4.07. The highest BCUT2D eigenvalue weighted by Crippen LogP contribution is 2.22. The van der Waals surface area contributed by atoms with Crippen LogP contribution in [0.2, 0.25) is 0 Å². The number of aromatic nitrogens is 3. The Morgan fingerprint density at radius 2 is 1.75 bits per heavy atom. The van der Waals surface area contributed by atoms with Crippen LogP contribution in [0.1, 0.15) is 29.7 Å². The van der Waals surface area contributed by atoms with Crippen LogP contribution >= 0.6 is 0 Å². The van der Waals surface area contributed by atoms with Gasteiger partial charge in [-0.25, -0.2) is 0 Å². The molecule has 2 N–H and O–H groups in total. The summed E-state index contributed by atoms with van der Waals surface area (Å²) in [5, 5.41) is 14.7. The summed E-state index contributed by atoms with van der Waals surface area (Å²) in [5.74, 6) is 1.17. The summed E-state index contributed by atoms with van der Waals surface area (Å²) in [5.41, 5.74) is 4.63. The first-order valence-corrected chi connectivity index (χ1v) is 7.98. The highest BCUT2D eigenvalue weighted by atomic mass is 15.3. The minimum absolute atomic E-state index is 0.101. The molecule has 5 nitrogen and oxygen atoms in total. The fraction of sp³-hybridized carbons (Fsp3) is 0.211. The van der Waals surface area contributed by atoms with Gasteiger partial charge in [-0.05, 0) is 43.5 Å². The average molecular weight is 319 g/mol. The van der Waals surface area contributed by atoms with Crippen LogP contribution < -0.4 is 10.6 Å². The van der Waals surface area contributed by atoms with E-state index in [1.165, 1.54) is 16.7 Å². The van der Waals surface area contributed by atoms with Gasteiger partial charge in [0.05, 0.1) is 12.2 Å². The molecule has 0 amide bonds. The van der Waals surface area contributed by atoms with E-state index < -0.39 is 0 Å². The highest BCUT2D eigenvalue weighted by Gasteiger charge is 2.08. The fourth-order valence-corrected chi connectivity index (χ4v) is 2.47. The van der Waals surface area contributed by atoms with Gasteiger partial charge in [0.15, 0.2) is 5.82 Å². The Bertz CT molecular complexity index is 817. The number of benzene rings is 2. The van der Waals surface area contributed by atoms with Gasteiger partial charge in [0.1, 0.15) is 0 Å². The van der Waals surface area contributed by atoms with E-state index in [1.54, 1.807) is 6.20 Å². The molecule has 0 aliphatic carbocycles. The molecule has 0 saturated carbocycles. The summed E-state index contributed by atoms with van der Waals surface area (Å²) >= 11 is 0. The number of hydrogen-bond donors (Lipinski definition) is 2. The summed E-state index contributed by atoms with van der Waals surface area (Å²) in [6.45, 7) is 6.25. The lowest BCUT2D eigenvalue weighted by molar-refractivity contribution is 0.841. The zero-order chi connectivity index (χ0) is 16.9. The van der Waals surface area contributed by atoms with Crippen LogP contribution in [0, 0.1) is 13.8 Å². The maximum Gasteiger partial charge on any atom is 0.245 e. The average Bonchev–Trinajstić information content (AvgIpc) is 2.60. The van der Waals surface area contributed by atoms with E-state index in [-0.39, 0.29) is 6.04 Å². The van der Waals surface area contributed by atoms with Crippen LogP contribution in [0.15, 0.2) is 54.7 Å². The molecule has 0 radical (unpaired) electrons. The molecular weight excluding hydrogens is 298 g/mol. The van der Waals surface area contributed by atoms with Gasteiger partial charge in [-0.15, -0.1) is 5.10 Å². The van der Waals surface area contributed by atoms with Crippen molar-refractivity contribution in [3.63, 3.8) is 0 Å². The number of anilines is 3. The lowest BCUT2D eigenvalue weighted by atomic mass is 10.1. The molecule has 0 spiro atoms. The van der Waals surface area contributed by atoms with Crippen molar-refractivity contribution >= 4 is 17.5 Å². The van der Waals surface area contributed by atoms with Crippen LogP contribution in [-0.2, 0) is 0 Å². The van der Waals surface area contributed by atoms with Crippen LogP contribution in [0.3, 0.4) is 0 Å². The molecule has 0 aliphatic heterocycles. The minimum Gasteiger partial charge on any atom is -0.346 e. The lowest BCUT2D eigenvalue weighted by Gasteiger charge is -2.15. The monoisotopic (exact) mass is 319 g/mol. The first-order chi connectivity index (χ1) is 11.6. The Kier molecular flexibility index (Phi) is 4.70. The summed E-state index contributed by atoms with van der Waals surface area (Å²) in [7, 11) is 0. The van der Waals surface area contributed by atoms with E-state index in [1.807, 2.05) is 30.3 Å². The summed E-state index contributed by atoms with van der Waals surface area (Å²) in [6, 6.07) is 16.4. The van der Waals surface area contributed by atoms with Gasteiger partial charge in [-0.3, -0.25) is 0 Å². The molecule has 1 aromatic heterocycles. The maximum absolute atomic E-state index is 4.51. The summed E-state index contributed by atoms with van der Waals surface area (Å²) < 4.78 is 0. The molecule has 3 rings (SSSR count). The molecule has 0 fully saturated rings. The predicted octanol–water partition coefficient (Wildman–Crippen LogP) is 4.41. The maximum atomic E-state index is 4.51. The summed E-state index contributed by atoms with van der Waals surface area (Å²) in [4.78, 5) is 4.51. The Balaban J connectivity index is 1.76. The molecule has 0 aliphatic rings. The smallest absolute Gasteiger partial charge is 0.245 e. The van der Waals surface area contributed by atoms with Crippen molar-refractivity contribution in [1.29, 1.82) is 0 Å². The Morgan fingerprint density at radius 1 is 0.958 bits per heavy atom. The number of nitrogens with one attached hydrogen (secondary N) is 2. The third-order valence-corrected chi connectivity index (χ3v) is 4.07. The number of hydrogen-bond acceptors (Lipinski definition) is 5. The standard InChI is InChI=1S/C19H21N5/c1-13-8-7-11-17(14(13)2)22-18-12-20-24-19(23-18)21-15(3)16-9-5-4-6-10-16/h4-12,15H,1-3H3,(H2,21,22,23,24). The molecule has 1 atom stereocenters. The first-order valence-electron chi connectivity index (χ1n) is 7.98. The minimum atomic E-state index is 0.101. The number of nitrogens with zero attached hydrogens (tertiary/aromatic N) is 3. The third kappa shape index (κ3) is 3.68. The van der Waals surface area contributed by atoms with Crippen molar-refractivity contribution in [2.24, 2.45) is 0 Å². The van der Waals surface area contributed by atoms with Crippen LogP contribution in [0.5, 0.6) is 0 Å². The normalized spacial score (nSPS) is 11.8. The fourth-order valence-electron chi connectivity index (χ4n) is 2.47. The van der Waals surface area contributed by atoms with Gasteiger partial charge in [0.25, 0.3) is 0 Å². The van der Waals surface area contributed by atoms with E-state index in [9.17, 15) is 0 Å². The molecule has 24 heavy (non-hydrogen) atoms. The Morgan fingerprint density at radius 3 is 2.54 bits per heavy atom. The van der Waals surface area contributed by atoms with Crippen LogP contribution in [-0.4, -0.2) is 15.2 Å². The van der Waals surface area contributed by atoms with E-state index in [4.69, 9.17) is 0 Å². The SMILES string of the molecule is Cc1cccc(Nc2cnnc(NC(C)c3ccccc3)n2)c1C. The van der Waals surface area contributed by atoms with Crippen LogP contribution in [0.4, 0.5) is 17.5 Å². The predicted molar refractivity (Wildman–Crippen MR) is 97.5 cm³/mol. The molecular formula is C19H21N5. The van der Waals surface area contributed by atoms with Gasteiger partial charge in [0, 0.05) is 5.69 Å². The van der Waals surface area contributed by atoms with E-state index in [2.05, 4.69) is 64.8 Å². The van der Waals surface area contributed by atoms with Gasteiger partial charge >= 0.3 is 0 Å². The molecule has 1 heterocycles. The van der Waals surface area contributed by atoms with E-state index in [0.717, 1.165) is 5.69 Å². The number of aryl methyl sites for hydroxylation is 1. The van der Waals surface area contributed by atoms with E-state index >= 15 is 0 Å². The second-order valence-electron chi connectivity index (χ2n) is 5.81. The van der Waals surface area contributed by atoms with Gasteiger partial charge in [-0.1, -0.05) is 42.5 Å². The van der Waals surface area contributed by atoms with Crippen molar-refractivity contribution in [3.8, 4) is 0 Å². The van der Waals surface area contributed by atoms with Crippen molar-refractivity contribution in [2.75, 3.05) is 10.6 Å². The summed E-state index contributed by atoms with van der Waals surface area (Å²) in [6.07, 6.45) is 1.63. The molecule has 2 aromatic carbocycles. The largest absolute Gasteiger partial charge is 0.346 e. The van der Waals surface area contributed by atoms with Crippen molar-refractivity contribution in [2.45, 2.75) is 26.8 Å². The van der Waals surface area contributed by atoms with Gasteiger partial charge < -0.3 is 10.6 Å². The van der Waals surface area contributed by atoms with Gasteiger partial charge in [-0.2, -0.15) is 10.1 Å². The second kappa shape index (κ2) is 7.08. The highest BCUT2D eigenvalue weighted by molar-refractivity contribution is 5.61. The molecule has 3 aromatic rings. The number of rotatable bonds is 5. The van der Waals surface area contributed by atoms with Gasteiger partial charge in [0.2, 0.25) is 5.95 Å². The molecule has 0 saturated heterocycles. The molecule has 5 heteroatoms. The molecule has 0 bridgehead atoms. The van der Waals surface area contributed by atoms with Crippen molar-refractivity contribution in [1.82, 2.24) is 15.2 Å². The quantitative estimate of drug-likeness (QED) is 0.729. The van der Waals surface area contributed by atoms with Crippen molar-refractivity contribution < 1.29 is 0 Å². The zero-order valence-corrected chi connectivity index (χ0v) is 14.1. The van der Waals surface area contributed by atoms with E-state index in [0.29, 0.717) is 11.8 Å².